The van der Waals surface area contributed by atoms with E-state index in [0.29, 0.717) is 24.3 Å². The summed E-state index contributed by atoms with van der Waals surface area (Å²) in [5.41, 5.74) is 15.1. The third-order valence-corrected chi connectivity index (χ3v) is 5.20. The van der Waals surface area contributed by atoms with Gasteiger partial charge in [-0.1, -0.05) is 24.3 Å². The molecule has 2 aromatic heterocycles. The van der Waals surface area contributed by atoms with Crippen LogP contribution in [-0.2, 0) is 6.54 Å². The van der Waals surface area contributed by atoms with Gasteiger partial charge in [0.1, 0.15) is 11.5 Å². The summed E-state index contributed by atoms with van der Waals surface area (Å²) in [6.45, 7) is 0.584. The Labute approximate surface area is 145 Å². The van der Waals surface area contributed by atoms with Crippen LogP contribution < -0.4 is 11.5 Å². The largest absolute Gasteiger partial charge is 0.383 e. The Morgan fingerprint density at radius 2 is 2.08 bits per heavy atom. The second-order valence-corrected chi connectivity index (χ2v) is 6.79. The molecule has 4 N–H and O–H groups in total. The standard InChI is InChI=1S/C18H20ClN5/c19-18-22-16(21)15-6-7-24(17(15)23-18)14-5-4-13(9-14)12-3-1-2-11(8-12)10-20/h1-3,6-8,13-14H,4-5,9-10,20H2,(H2,21,22,23). The Bertz CT molecular complexity index is 888. The summed E-state index contributed by atoms with van der Waals surface area (Å²) in [6, 6.07) is 11.0. The van der Waals surface area contributed by atoms with E-state index in [4.69, 9.17) is 23.1 Å². The molecule has 1 fully saturated rings. The summed E-state index contributed by atoms with van der Waals surface area (Å²) in [4.78, 5) is 8.42. The van der Waals surface area contributed by atoms with Crippen molar-refractivity contribution in [3.63, 3.8) is 0 Å². The quantitative estimate of drug-likeness (QED) is 0.712. The highest BCUT2D eigenvalue weighted by Gasteiger charge is 2.28. The van der Waals surface area contributed by atoms with Crippen molar-refractivity contribution in [2.75, 3.05) is 5.73 Å². The molecule has 1 aliphatic rings. The number of anilines is 1. The number of benzene rings is 1. The molecule has 0 radical (unpaired) electrons. The van der Waals surface area contributed by atoms with Crippen LogP contribution in [0, 0.1) is 0 Å². The van der Waals surface area contributed by atoms with E-state index in [2.05, 4.69) is 45.0 Å². The molecule has 5 nitrogen and oxygen atoms in total. The van der Waals surface area contributed by atoms with Crippen molar-refractivity contribution in [2.24, 2.45) is 5.73 Å². The van der Waals surface area contributed by atoms with Crippen molar-refractivity contribution in [1.82, 2.24) is 14.5 Å². The smallest absolute Gasteiger partial charge is 0.226 e. The van der Waals surface area contributed by atoms with Crippen LogP contribution in [0.3, 0.4) is 0 Å². The van der Waals surface area contributed by atoms with Gasteiger partial charge in [-0.2, -0.15) is 4.98 Å². The summed E-state index contributed by atoms with van der Waals surface area (Å²) in [6.07, 6.45) is 5.41. The fraction of sp³-hybridized carbons (Fsp3) is 0.333. The van der Waals surface area contributed by atoms with Crippen molar-refractivity contribution in [3.05, 3.63) is 52.9 Å². The predicted octanol–water partition coefficient (Wildman–Crippen LogP) is 3.63. The Hall–Kier alpha value is -2.11. The summed E-state index contributed by atoms with van der Waals surface area (Å²) in [5, 5.41) is 1.07. The monoisotopic (exact) mass is 341 g/mol. The zero-order valence-corrected chi connectivity index (χ0v) is 14.1. The average Bonchev–Trinajstić information content (AvgIpc) is 3.21. The third-order valence-electron chi connectivity index (χ3n) is 5.03. The minimum Gasteiger partial charge on any atom is -0.383 e. The molecule has 124 valence electrons. The van der Waals surface area contributed by atoms with Crippen LogP contribution in [0.1, 0.15) is 42.3 Å². The van der Waals surface area contributed by atoms with Crippen LogP contribution in [-0.4, -0.2) is 14.5 Å². The second kappa shape index (κ2) is 6.07. The van der Waals surface area contributed by atoms with Crippen LogP contribution in [0.5, 0.6) is 0 Å². The zero-order valence-electron chi connectivity index (χ0n) is 13.3. The van der Waals surface area contributed by atoms with Gasteiger partial charge in [0.2, 0.25) is 5.28 Å². The highest BCUT2D eigenvalue weighted by atomic mass is 35.5. The number of nitrogens with zero attached hydrogens (tertiary/aromatic N) is 3. The molecule has 2 atom stereocenters. The van der Waals surface area contributed by atoms with E-state index < -0.39 is 0 Å². The third kappa shape index (κ3) is 2.64. The van der Waals surface area contributed by atoms with Crippen LogP contribution in [0.4, 0.5) is 5.82 Å². The number of nitrogen functional groups attached to an aromatic ring is 1. The normalized spacial score (nSPS) is 20.8. The van der Waals surface area contributed by atoms with Gasteiger partial charge in [0, 0.05) is 18.8 Å². The van der Waals surface area contributed by atoms with Gasteiger partial charge in [-0.25, -0.2) is 4.98 Å². The minimum atomic E-state index is 0.199. The molecular weight excluding hydrogens is 322 g/mol. The lowest BCUT2D eigenvalue weighted by atomic mass is 9.96. The van der Waals surface area contributed by atoms with Crippen molar-refractivity contribution in [2.45, 2.75) is 37.8 Å². The van der Waals surface area contributed by atoms with Crippen molar-refractivity contribution in [1.29, 1.82) is 0 Å². The van der Waals surface area contributed by atoms with Gasteiger partial charge in [-0.15, -0.1) is 0 Å². The van der Waals surface area contributed by atoms with Crippen LogP contribution in [0.2, 0.25) is 5.28 Å². The van der Waals surface area contributed by atoms with E-state index in [9.17, 15) is 0 Å². The first-order valence-electron chi connectivity index (χ1n) is 8.24. The average molecular weight is 342 g/mol. The molecule has 2 unspecified atom stereocenters. The van der Waals surface area contributed by atoms with Crippen LogP contribution >= 0.6 is 11.6 Å². The highest BCUT2D eigenvalue weighted by molar-refractivity contribution is 6.28. The van der Waals surface area contributed by atoms with Gasteiger partial charge in [0.25, 0.3) is 0 Å². The van der Waals surface area contributed by atoms with Gasteiger partial charge < -0.3 is 16.0 Å². The van der Waals surface area contributed by atoms with Gasteiger partial charge in [0.15, 0.2) is 0 Å². The maximum Gasteiger partial charge on any atom is 0.226 e. The lowest BCUT2D eigenvalue weighted by Crippen LogP contribution is -2.06. The molecule has 0 amide bonds. The van der Waals surface area contributed by atoms with Crippen LogP contribution in [0.25, 0.3) is 11.0 Å². The van der Waals surface area contributed by atoms with Gasteiger partial charge >= 0.3 is 0 Å². The van der Waals surface area contributed by atoms with Gasteiger partial charge in [0.05, 0.1) is 5.39 Å². The molecule has 0 bridgehead atoms. The Morgan fingerprint density at radius 3 is 2.92 bits per heavy atom. The lowest BCUT2D eigenvalue weighted by molar-refractivity contribution is 0.523. The minimum absolute atomic E-state index is 0.199. The summed E-state index contributed by atoms with van der Waals surface area (Å²) >= 11 is 5.99. The highest BCUT2D eigenvalue weighted by Crippen LogP contribution is 2.42. The summed E-state index contributed by atoms with van der Waals surface area (Å²) in [5.74, 6) is 0.988. The number of hydrogen-bond donors (Lipinski definition) is 2. The molecule has 3 aromatic rings. The zero-order chi connectivity index (χ0) is 16.7. The van der Waals surface area contributed by atoms with Crippen molar-refractivity contribution >= 4 is 28.5 Å². The van der Waals surface area contributed by atoms with E-state index >= 15 is 0 Å². The van der Waals surface area contributed by atoms with E-state index in [1.54, 1.807) is 0 Å². The van der Waals surface area contributed by atoms with E-state index in [1.807, 2.05) is 6.07 Å². The van der Waals surface area contributed by atoms with Gasteiger partial charge in [-0.05, 0) is 54.0 Å². The molecule has 1 aliphatic carbocycles. The number of rotatable bonds is 3. The lowest BCUT2D eigenvalue weighted by Gasteiger charge is -2.15. The Balaban J connectivity index is 1.63. The molecule has 6 heteroatoms. The second-order valence-electron chi connectivity index (χ2n) is 6.45. The van der Waals surface area contributed by atoms with E-state index in [-0.39, 0.29) is 5.28 Å². The number of halogens is 1. The molecule has 0 aliphatic heterocycles. The Kier molecular flexibility index (Phi) is 3.90. The first-order chi connectivity index (χ1) is 11.7. The summed E-state index contributed by atoms with van der Waals surface area (Å²) < 4.78 is 2.20. The molecule has 1 aromatic carbocycles. The molecule has 2 heterocycles. The molecule has 1 saturated carbocycles. The molecule has 24 heavy (non-hydrogen) atoms. The molecule has 4 rings (SSSR count). The molecule has 0 saturated heterocycles. The maximum atomic E-state index is 5.99. The van der Waals surface area contributed by atoms with Crippen molar-refractivity contribution in [3.8, 4) is 0 Å². The number of fused-ring (bicyclic) bond motifs is 1. The molecule has 0 spiro atoms. The summed E-state index contributed by atoms with van der Waals surface area (Å²) in [7, 11) is 0. The first-order valence-corrected chi connectivity index (χ1v) is 8.62. The predicted molar refractivity (Wildman–Crippen MR) is 96.9 cm³/mol. The van der Waals surface area contributed by atoms with E-state index in [0.717, 1.165) is 30.3 Å². The molecular formula is C18H20ClN5. The van der Waals surface area contributed by atoms with Crippen molar-refractivity contribution < 1.29 is 0 Å². The number of nitrogens with two attached hydrogens (primary N) is 2. The SMILES string of the molecule is NCc1cccc(C2CCC(n3ccc4c(N)nc(Cl)nc43)C2)c1. The van der Waals surface area contributed by atoms with E-state index in [1.165, 1.54) is 11.1 Å². The maximum absolute atomic E-state index is 5.99. The number of aromatic nitrogens is 3. The fourth-order valence-corrected chi connectivity index (χ4v) is 3.98. The topological polar surface area (TPSA) is 82.8 Å². The first kappa shape index (κ1) is 15.4. The van der Waals surface area contributed by atoms with Gasteiger partial charge in [-0.3, -0.25) is 0 Å². The number of hydrogen-bond acceptors (Lipinski definition) is 4. The fourth-order valence-electron chi connectivity index (χ4n) is 3.81. The Morgan fingerprint density at radius 1 is 1.21 bits per heavy atom. The van der Waals surface area contributed by atoms with Crippen LogP contribution in [0.15, 0.2) is 36.5 Å².